The van der Waals surface area contributed by atoms with Crippen molar-refractivity contribution < 1.29 is 15.0 Å². The van der Waals surface area contributed by atoms with Crippen molar-refractivity contribution in [2.45, 2.75) is 84.2 Å². The summed E-state index contributed by atoms with van der Waals surface area (Å²) < 4.78 is 0. The first-order chi connectivity index (χ1) is 13.6. The van der Waals surface area contributed by atoms with Crippen LogP contribution < -0.4 is 0 Å². The number of ketones is 1. The van der Waals surface area contributed by atoms with Crippen molar-refractivity contribution >= 4 is 5.78 Å². The number of rotatable bonds is 3. The van der Waals surface area contributed by atoms with Gasteiger partial charge in [0.05, 0.1) is 11.4 Å². The molecule has 0 aromatic heterocycles. The third-order valence-electron chi connectivity index (χ3n) is 12.1. The first-order valence-corrected chi connectivity index (χ1v) is 12.2. The summed E-state index contributed by atoms with van der Waals surface area (Å²) in [5.74, 6) is 5.40. The number of hydrogen-bond donors (Lipinski definition) is 2. The molecule has 0 radical (unpaired) electrons. The van der Waals surface area contributed by atoms with Crippen LogP contribution in [0.3, 0.4) is 0 Å². The van der Waals surface area contributed by atoms with Gasteiger partial charge in [-0.1, -0.05) is 27.4 Å². The lowest BCUT2D eigenvalue weighted by molar-refractivity contribution is -0.216. The number of hydrogen-bond acceptors (Lipinski definition) is 3. The Morgan fingerprint density at radius 1 is 1.07 bits per heavy atom. The lowest BCUT2D eigenvalue weighted by Crippen LogP contribution is -2.64. The van der Waals surface area contributed by atoms with E-state index in [4.69, 9.17) is 0 Å². The number of aliphatic hydroxyl groups excluding tert-OH is 1. The van der Waals surface area contributed by atoms with E-state index in [1.54, 1.807) is 0 Å². The van der Waals surface area contributed by atoms with Gasteiger partial charge in [-0.25, -0.2) is 0 Å². The Balaban J connectivity index is 1.38. The zero-order valence-electron chi connectivity index (χ0n) is 18.4. The molecular formula is C26H38O3. The van der Waals surface area contributed by atoms with Crippen molar-refractivity contribution in [2.24, 2.45) is 57.7 Å². The van der Waals surface area contributed by atoms with Crippen LogP contribution in [0, 0.1) is 57.7 Å². The number of carbonyl (C=O) groups is 1. The van der Waals surface area contributed by atoms with Crippen molar-refractivity contribution in [3.63, 3.8) is 0 Å². The largest absolute Gasteiger partial charge is 0.513 e. The van der Waals surface area contributed by atoms with Crippen LogP contribution in [0.15, 0.2) is 12.3 Å². The minimum Gasteiger partial charge on any atom is -0.513 e. The summed E-state index contributed by atoms with van der Waals surface area (Å²) in [6, 6.07) is 0. The van der Waals surface area contributed by atoms with E-state index in [1.165, 1.54) is 19.3 Å². The number of allylic oxidation sites excluding steroid dienone is 1. The molecule has 6 fully saturated rings. The first-order valence-electron chi connectivity index (χ1n) is 12.2. The molecule has 6 rings (SSSR count). The van der Waals surface area contributed by atoms with Crippen LogP contribution >= 0.6 is 0 Å². The van der Waals surface area contributed by atoms with Gasteiger partial charge in [-0.15, -0.1) is 0 Å². The highest BCUT2D eigenvalue weighted by atomic mass is 16.3. The highest BCUT2D eigenvalue weighted by molar-refractivity contribution is 5.81. The van der Waals surface area contributed by atoms with E-state index in [1.807, 2.05) is 0 Å². The van der Waals surface area contributed by atoms with Gasteiger partial charge in [0.2, 0.25) is 0 Å². The fourth-order valence-corrected chi connectivity index (χ4v) is 10.3. The molecule has 11 atom stereocenters. The molecule has 2 N–H and O–H groups in total. The fourth-order valence-electron chi connectivity index (χ4n) is 10.3. The van der Waals surface area contributed by atoms with E-state index < -0.39 is 5.60 Å². The minimum atomic E-state index is -0.735. The van der Waals surface area contributed by atoms with Crippen LogP contribution in [0.5, 0.6) is 0 Å². The van der Waals surface area contributed by atoms with Gasteiger partial charge >= 0.3 is 0 Å². The molecule has 0 aromatic rings. The molecule has 6 aliphatic rings. The zero-order chi connectivity index (χ0) is 20.6. The molecule has 0 aliphatic heterocycles. The van der Waals surface area contributed by atoms with Crippen LogP contribution in [0.4, 0.5) is 0 Å². The normalized spacial score (nSPS) is 61.7. The first kappa shape index (κ1) is 18.9. The lowest BCUT2D eigenvalue weighted by Gasteiger charge is -2.64. The third-order valence-corrected chi connectivity index (χ3v) is 12.1. The van der Waals surface area contributed by atoms with Gasteiger partial charge in [-0.05, 0) is 90.8 Å². The Bertz CT molecular complexity index is 804. The van der Waals surface area contributed by atoms with Gasteiger partial charge in [-0.2, -0.15) is 0 Å². The maximum atomic E-state index is 12.3. The molecule has 8 unspecified atom stereocenters. The molecule has 0 saturated heterocycles. The van der Waals surface area contributed by atoms with Gasteiger partial charge in [0.1, 0.15) is 5.78 Å². The highest BCUT2D eigenvalue weighted by Gasteiger charge is 2.80. The van der Waals surface area contributed by atoms with E-state index in [-0.39, 0.29) is 11.2 Å². The van der Waals surface area contributed by atoms with Crippen molar-refractivity contribution in [2.75, 3.05) is 0 Å². The minimum absolute atomic E-state index is 0.0761. The Labute approximate surface area is 175 Å². The maximum Gasteiger partial charge on any atom is 0.135 e. The Morgan fingerprint density at radius 3 is 2.52 bits per heavy atom. The number of carbonyl (C=O) groups excluding carboxylic acids is 1. The molecule has 6 saturated carbocycles. The van der Waals surface area contributed by atoms with E-state index in [9.17, 15) is 15.0 Å². The standard InChI is InChI=1S/C26H38O3/c1-14(27)5-8-23(2)19-12-17(19)22-21-16-11-20(16)26(29)13-15(28)6-9-24(26,3)18(21)7-10-25(22,23)4/h16-22,27,29H,1,5-13H2,2-4H3/t16?,17?,18?,19-,20+,21?,22?,23+,24?,25?,26?/m0/s1. The summed E-state index contributed by atoms with van der Waals surface area (Å²) in [6.45, 7) is 11.2. The Hall–Kier alpha value is -0.830. The summed E-state index contributed by atoms with van der Waals surface area (Å²) in [5, 5.41) is 21.6. The highest BCUT2D eigenvalue weighted by Crippen LogP contribution is 2.84. The van der Waals surface area contributed by atoms with Crippen molar-refractivity contribution in [1.29, 1.82) is 0 Å². The van der Waals surface area contributed by atoms with Gasteiger partial charge in [0, 0.05) is 24.7 Å². The van der Waals surface area contributed by atoms with Crippen molar-refractivity contribution in [3.8, 4) is 0 Å². The fraction of sp³-hybridized carbons (Fsp3) is 0.885. The monoisotopic (exact) mass is 398 g/mol. The molecule has 0 heterocycles. The summed E-state index contributed by atoms with van der Waals surface area (Å²) in [7, 11) is 0. The molecule has 3 heteroatoms. The lowest BCUT2D eigenvalue weighted by atomic mass is 9.41. The smallest absolute Gasteiger partial charge is 0.135 e. The summed E-state index contributed by atoms with van der Waals surface area (Å²) in [6.07, 6.45) is 8.76. The average molecular weight is 399 g/mol. The summed E-state index contributed by atoms with van der Waals surface area (Å²) in [4.78, 5) is 12.3. The van der Waals surface area contributed by atoms with Crippen LogP contribution in [0.25, 0.3) is 0 Å². The van der Waals surface area contributed by atoms with E-state index in [2.05, 4.69) is 27.4 Å². The molecule has 0 bridgehead atoms. The molecule has 29 heavy (non-hydrogen) atoms. The molecule has 160 valence electrons. The van der Waals surface area contributed by atoms with Gasteiger partial charge < -0.3 is 10.2 Å². The summed E-state index contributed by atoms with van der Waals surface area (Å²) in [5.41, 5.74) is -0.157. The second kappa shape index (κ2) is 5.31. The third kappa shape index (κ3) is 2.03. The molecule has 6 aliphatic carbocycles. The predicted octanol–water partition coefficient (Wildman–Crippen LogP) is 5.28. The SMILES string of the molecule is C=C(O)CC[C@]1(C)[C@H]2CC2C2C3C4C[C@H]4C4(O)CC(=O)CCC4(C)C3CCC21C. The van der Waals surface area contributed by atoms with Crippen LogP contribution in [0.1, 0.15) is 78.6 Å². The zero-order valence-corrected chi connectivity index (χ0v) is 18.4. The summed E-state index contributed by atoms with van der Waals surface area (Å²) >= 11 is 0. The molecule has 3 nitrogen and oxygen atoms in total. The predicted molar refractivity (Wildman–Crippen MR) is 112 cm³/mol. The van der Waals surface area contributed by atoms with E-state index in [0.29, 0.717) is 47.2 Å². The van der Waals surface area contributed by atoms with Crippen LogP contribution in [0.2, 0.25) is 0 Å². The van der Waals surface area contributed by atoms with Crippen molar-refractivity contribution in [1.82, 2.24) is 0 Å². The second-order valence-electron chi connectivity index (χ2n) is 12.7. The van der Waals surface area contributed by atoms with Crippen LogP contribution in [-0.4, -0.2) is 21.6 Å². The Morgan fingerprint density at radius 2 is 1.79 bits per heavy atom. The van der Waals surface area contributed by atoms with E-state index in [0.717, 1.165) is 49.4 Å². The molecular weight excluding hydrogens is 360 g/mol. The van der Waals surface area contributed by atoms with Crippen LogP contribution in [-0.2, 0) is 4.79 Å². The molecule has 0 spiro atoms. The van der Waals surface area contributed by atoms with Crippen molar-refractivity contribution in [3.05, 3.63) is 12.3 Å². The number of Topliss-reactive ketones (excluding diaryl/α,β-unsaturated/α-hetero) is 1. The Kier molecular flexibility index (Phi) is 3.46. The average Bonchev–Trinajstić information content (AvgIpc) is 3.54. The molecule has 0 aromatic carbocycles. The maximum absolute atomic E-state index is 12.3. The topological polar surface area (TPSA) is 57.5 Å². The van der Waals surface area contributed by atoms with Gasteiger partial charge in [0.25, 0.3) is 0 Å². The quantitative estimate of drug-likeness (QED) is 0.636. The van der Waals surface area contributed by atoms with Gasteiger partial charge in [-0.3, -0.25) is 4.79 Å². The second-order valence-corrected chi connectivity index (χ2v) is 12.7. The van der Waals surface area contributed by atoms with Gasteiger partial charge in [0.15, 0.2) is 0 Å². The molecule has 0 amide bonds. The number of aliphatic hydroxyl groups is 2. The number of fused-ring (bicyclic) bond motifs is 10. The van der Waals surface area contributed by atoms with E-state index >= 15 is 0 Å².